The van der Waals surface area contributed by atoms with Crippen molar-refractivity contribution in [1.82, 2.24) is 0 Å². The maximum atomic E-state index is 12.5. The number of aliphatic hydroxyl groups is 4. The van der Waals surface area contributed by atoms with Crippen molar-refractivity contribution in [2.45, 2.75) is 69.4 Å². The van der Waals surface area contributed by atoms with Crippen molar-refractivity contribution in [3.05, 3.63) is 28.6 Å². The molecular formula is C22H28O10. The lowest BCUT2D eigenvalue weighted by molar-refractivity contribution is -0.277. The van der Waals surface area contributed by atoms with E-state index in [1.807, 2.05) is 0 Å². The molecule has 0 radical (unpaired) electrons. The van der Waals surface area contributed by atoms with E-state index in [0.717, 1.165) is 25.7 Å². The van der Waals surface area contributed by atoms with Gasteiger partial charge in [-0.1, -0.05) is 6.92 Å². The van der Waals surface area contributed by atoms with Gasteiger partial charge >= 0.3 is 5.63 Å². The second-order valence-corrected chi connectivity index (χ2v) is 8.54. The van der Waals surface area contributed by atoms with Crippen LogP contribution in [0, 0.1) is 5.92 Å². The number of rotatable bonds is 5. The third-order valence-corrected chi connectivity index (χ3v) is 6.16. The minimum Gasteiger partial charge on any atom is -0.504 e. The van der Waals surface area contributed by atoms with Crippen LogP contribution in [0.1, 0.15) is 32.6 Å². The third-order valence-electron chi connectivity index (χ3n) is 6.16. The first-order valence-corrected chi connectivity index (χ1v) is 10.7. The first kappa shape index (κ1) is 22.8. The molecule has 0 amide bonds. The Balaban J connectivity index is 1.55. The summed E-state index contributed by atoms with van der Waals surface area (Å²) in [6.45, 7) is 1.58. The molecule has 1 aliphatic heterocycles. The van der Waals surface area contributed by atoms with Gasteiger partial charge in [-0.3, -0.25) is 0 Å². The molecule has 0 spiro atoms. The van der Waals surface area contributed by atoms with Crippen molar-refractivity contribution in [3.63, 3.8) is 0 Å². The molecule has 4 rings (SSSR count). The van der Waals surface area contributed by atoms with Gasteiger partial charge in [0.05, 0.1) is 18.1 Å². The van der Waals surface area contributed by atoms with Crippen molar-refractivity contribution >= 4 is 11.0 Å². The summed E-state index contributed by atoms with van der Waals surface area (Å²) in [6, 6.07) is 4.24. The molecule has 32 heavy (non-hydrogen) atoms. The van der Waals surface area contributed by atoms with Crippen LogP contribution >= 0.6 is 0 Å². The molecule has 1 aromatic carbocycles. The molecule has 1 saturated heterocycles. The Kier molecular flexibility index (Phi) is 6.59. The summed E-state index contributed by atoms with van der Waals surface area (Å²) < 4.78 is 21.9. The summed E-state index contributed by atoms with van der Waals surface area (Å²) in [7, 11) is 0. The van der Waals surface area contributed by atoms with E-state index in [-0.39, 0.29) is 34.3 Å². The third kappa shape index (κ3) is 4.41. The van der Waals surface area contributed by atoms with Crippen LogP contribution in [0.15, 0.2) is 27.4 Å². The minimum absolute atomic E-state index is 0.0270. The van der Waals surface area contributed by atoms with Crippen molar-refractivity contribution in [2.24, 2.45) is 5.92 Å². The number of benzene rings is 1. The summed E-state index contributed by atoms with van der Waals surface area (Å²) in [5.74, 6) is 0.173. The SMILES string of the molecule is C[C@H]1CC[C@H](Oc2c(O)c3ccc(O[C@@H]4O[C@H](CO)[C@@H](O)[C@H](O)[C@H]4O)cc3oc2=O)CC1. The largest absolute Gasteiger partial charge is 0.504 e. The average molecular weight is 452 g/mol. The second kappa shape index (κ2) is 9.24. The van der Waals surface area contributed by atoms with Gasteiger partial charge in [-0.05, 0) is 43.7 Å². The van der Waals surface area contributed by atoms with Gasteiger partial charge in [-0.2, -0.15) is 0 Å². The van der Waals surface area contributed by atoms with Gasteiger partial charge in [0.25, 0.3) is 0 Å². The molecule has 5 atom stereocenters. The van der Waals surface area contributed by atoms with Gasteiger partial charge in [-0.15, -0.1) is 0 Å². The molecule has 1 aliphatic carbocycles. The maximum absolute atomic E-state index is 12.5. The van der Waals surface area contributed by atoms with Crippen LogP contribution < -0.4 is 15.1 Å². The Morgan fingerprint density at radius 3 is 2.44 bits per heavy atom. The highest BCUT2D eigenvalue weighted by Crippen LogP contribution is 2.36. The molecule has 0 bridgehead atoms. The minimum atomic E-state index is -1.59. The molecule has 10 nitrogen and oxygen atoms in total. The van der Waals surface area contributed by atoms with Gasteiger partial charge in [-0.25, -0.2) is 4.79 Å². The molecule has 1 saturated carbocycles. The predicted molar refractivity (Wildman–Crippen MR) is 111 cm³/mol. The standard InChI is InChI=1S/C22H28O10/c1-10-2-4-11(5-3-10)29-20-16(24)13-7-6-12(8-14(13)31-21(20)28)30-22-19(27)18(26)17(25)15(9-23)32-22/h6-8,10-11,15,17-19,22-27H,2-5,9H2,1H3/t10-,11-,15-,17-,18+,19-,22-/m1/s1. The smallest absolute Gasteiger partial charge is 0.383 e. The molecule has 10 heteroatoms. The molecule has 2 heterocycles. The molecule has 176 valence electrons. The molecule has 2 fully saturated rings. The molecule has 2 aromatic rings. The van der Waals surface area contributed by atoms with E-state index in [2.05, 4.69) is 6.92 Å². The maximum Gasteiger partial charge on any atom is 0.383 e. The zero-order valence-corrected chi connectivity index (χ0v) is 17.6. The van der Waals surface area contributed by atoms with Crippen LogP contribution in [0.2, 0.25) is 0 Å². The van der Waals surface area contributed by atoms with Gasteiger partial charge in [0, 0.05) is 6.07 Å². The van der Waals surface area contributed by atoms with Gasteiger partial charge in [0.2, 0.25) is 12.0 Å². The highest BCUT2D eigenvalue weighted by molar-refractivity contribution is 5.86. The monoisotopic (exact) mass is 452 g/mol. The Morgan fingerprint density at radius 2 is 1.75 bits per heavy atom. The molecule has 5 N–H and O–H groups in total. The fraction of sp³-hybridized carbons (Fsp3) is 0.591. The number of aliphatic hydroxyl groups excluding tert-OH is 4. The van der Waals surface area contributed by atoms with E-state index in [1.165, 1.54) is 18.2 Å². The van der Waals surface area contributed by atoms with Crippen LogP contribution in [0.4, 0.5) is 0 Å². The van der Waals surface area contributed by atoms with Crippen LogP contribution in [-0.2, 0) is 4.74 Å². The van der Waals surface area contributed by atoms with Crippen molar-refractivity contribution in [3.8, 4) is 17.2 Å². The van der Waals surface area contributed by atoms with E-state index < -0.39 is 42.9 Å². The van der Waals surface area contributed by atoms with E-state index in [1.54, 1.807) is 0 Å². The van der Waals surface area contributed by atoms with Crippen LogP contribution in [0.5, 0.6) is 17.2 Å². The first-order valence-electron chi connectivity index (χ1n) is 10.7. The lowest BCUT2D eigenvalue weighted by atomic mass is 9.89. The Hall–Kier alpha value is -2.37. The average Bonchev–Trinajstić information content (AvgIpc) is 2.78. The molecule has 1 aromatic heterocycles. The van der Waals surface area contributed by atoms with Crippen LogP contribution in [0.3, 0.4) is 0 Å². The molecule has 0 unspecified atom stereocenters. The number of hydrogen-bond acceptors (Lipinski definition) is 10. The Bertz CT molecular complexity index is 994. The number of aromatic hydroxyl groups is 1. The summed E-state index contributed by atoms with van der Waals surface area (Å²) in [6.07, 6.45) is -3.78. The summed E-state index contributed by atoms with van der Waals surface area (Å²) in [5, 5.41) is 50.0. The number of ether oxygens (including phenoxy) is 3. The van der Waals surface area contributed by atoms with Crippen molar-refractivity contribution < 1.29 is 44.2 Å². The zero-order valence-electron chi connectivity index (χ0n) is 17.6. The fourth-order valence-electron chi connectivity index (χ4n) is 4.14. The molecule has 2 aliphatic rings. The fourth-order valence-corrected chi connectivity index (χ4v) is 4.14. The zero-order chi connectivity index (χ0) is 23.0. The van der Waals surface area contributed by atoms with Crippen LogP contribution in [0.25, 0.3) is 11.0 Å². The predicted octanol–water partition coefficient (Wildman–Crippen LogP) is 0.635. The van der Waals surface area contributed by atoms with Gasteiger partial charge in [0.15, 0.2) is 5.75 Å². The summed E-state index contributed by atoms with van der Waals surface area (Å²) in [4.78, 5) is 12.5. The second-order valence-electron chi connectivity index (χ2n) is 8.54. The highest BCUT2D eigenvalue weighted by atomic mass is 16.7. The lowest BCUT2D eigenvalue weighted by Crippen LogP contribution is -2.60. The van der Waals surface area contributed by atoms with E-state index in [4.69, 9.17) is 18.6 Å². The van der Waals surface area contributed by atoms with Crippen molar-refractivity contribution in [1.29, 1.82) is 0 Å². The number of hydrogen-bond donors (Lipinski definition) is 5. The first-order chi connectivity index (χ1) is 15.3. The Morgan fingerprint density at radius 1 is 1.03 bits per heavy atom. The van der Waals surface area contributed by atoms with Gasteiger partial charge in [0.1, 0.15) is 35.7 Å². The van der Waals surface area contributed by atoms with Gasteiger partial charge < -0.3 is 44.2 Å². The summed E-state index contributed by atoms with van der Waals surface area (Å²) >= 11 is 0. The Labute approximate surface area is 183 Å². The highest BCUT2D eigenvalue weighted by Gasteiger charge is 2.44. The van der Waals surface area contributed by atoms with E-state index in [9.17, 15) is 30.3 Å². The van der Waals surface area contributed by atoms with E-state index in [0.29, 0.717) is 5.92 Å². The topological polar surface area (TPSA) is 159 Å². The summed E-state index contributed by atoms with van der Waals surface area (Å²) in [5.41, 5.74) is -0.794. The quantitative estimate of drug-likeness (QED) is 0.407. The molecular weight excluding hydrogens is 424 g/mol. The normalized spacial score (nSPS) is 33.2. The lowest BCUT2D eigenvalue weighted by Gasteiger charge is -2.39. The number of fused-ring (bicyclic) bond motifs is 1. The van der Waals surface area contributed by atoms with Crippen molar-refractivity contribution in [2.75, 3.05) is 6.61 Å². The van der Waals surface area contributed by atoms with Crippen LogP contribution in [-0.4, -0.2) is 68.9 Å². The van der Waals surface area contributed by atoms with E-state index >= 15 is 0 Å².